The predicted molar refractivity (Wildman–Crippen MR) is 172 cm³/mol. The molecule has 2 N–H and O–H groups in total. The summed E-state index contributed by atoms with van der Waals surface area (Å²) in [7, 11) is 0. The fourth-order valence-corrected chi connectivity index (χ4v) is 5.07. The highest BCUT2D eigenvalue weighted by atomic mass is 127. The Hall–Kier alpha value is -3.44. The molecule has 6 nitrogen and oxygen atoms in total. The average molecular weight is 699 g/mol. The number of amides is 1. The Morgan fingerprint density at radius 1 is 0.975 bits per heavy atom. The second-order valence-electron chi connectivity index (χ2n) is 8.55. The van der Waals surface area contributed by atoms with Crippen LogP contribution < -0.4 is 15.5 Å². The van der Waals surface area contributed by atoms with E-state index in [0.29, 0.717) is 28.0 Å². The number of nitrogens with one attached hydrogen (secondary N) is 2. The van der Waals surface area contributed by atoms with Crippen LogP contribution >= 0.6 is 57.1 Å². The quantitative estimate of drug-likeness (QED) is 0.0917. The number of rotatable bonds is 9. The molecule has 0 aliphatic heterocycles. The first-order chi connectivity index (χ1) is 19.4. The number of aromatic nitrogens is 1. The first-order valence-corrected chi connectivity index (χ1v) is 14.7. The van der Waals surface area contributed by atoms with Crippen molar-refractivity contribution in [3.8, 4) is 17.0 Å². The normalized spacial score (nSPS) is 11.0. The number of hydrazone groups is 1. The van der Waals surface area contributed by atoms with Crippen molar-refractivity contribution in [2.24, 2.45) is 5.10 Å². The molecule has 1 aromatic heterocycles. The number of nitrogens with zero attached hydrogens (tertiary/aromatic N) is 2. The number of ether oxygens (including phenoxy) is 1. The number of benzene rings is 4. The molecule has 0 unspecified atom stereocenters. The molecule has 5 rings (SSSR count). The van der Waals surface area contributed by atoms with Crippen LogP contribution in [0.4, 0.5) is 10.8 Å². The van der Waals surface area contributed by atoms with Crippen LogP contribution in [0.1, 0.15) is 21.5 Å². The van der Waals surface area contributed by atoms with Gasteiger partial charge in [0.2, 0.25) is 0 Å². The second kappa shape index (κ2) is 13.3. The highest BCUT2D eigenvalue weighted by Gasteiger charge is 2.09. The molecule has 0 atom stereocenters. The molecule has 0 bridgehead atoms. The summed E-state index contributed by atoms with van der Waals surface area (Å²) in [5, 5.41) is 11.2. The van der Waals surface area contributed by atoms with Crippen LogP contribution in [0.5, 0.6) is 5.75 Å². The van der Waals surface area contributed by atoms with Crippen LogP contribution in [0.2, 0.25) is 10.0 Å². The zero-order valence-electron chi connectivity index (χ0n) is 20.8. The first-order valence-electron chi connectivity index (χ1n) is 12.0. The largest absolute Gasteiger partial charge is 0.487 e. The van der Waals surface area contributed by atoms with Gasteiger partial charge in [0.15, 0.2) is 5.13 Å². The summed E-state index contributed by atoms with van der Waals surface area (Å²) >= 11 is 16.1. The monoisotopic (exact) mass is 698 g/mol. The summed E-state index contributed by atoms with van der Waals surface area (Å²) in [6, 6.07) is 28.1. The molecule has 1 amide bonds. The molecule has 10 heteroatoms. The Labute approximate surface area is 259 Å². The lowest BCUT2D eigenvalue weighted by molar-refractivity contribution is 0.0955. The van der Waals surface area contributed by atoms with E-state index in [1.54, 1.807) is 24.3 Å². The lowest BCUT2D eigenvalue weighted by Crippen LogP contribution is -2.17. The minimum absolute atomic E-state index is 0.324. The number of carbonyl (C=O) groups is 1. The van der Waals surface area contributed by atoms with E-state index in [2.05, 4.69) is 43.4 Å². The van der Waals surface area contributed by atoms with Crippen LogP contribution in [0.25, 0.3) is 11.3 Å². The molecule has 0 spiro atoms. The van der Waals surface area contributed by atoms with E-state index in [1.807, 2.05) is 72.1 Å². The van der Waals surface area contributed by atoms with Crippen LogP contribution in [0.3, 0.4) is 0 Å². The number of hydrogen-bond donors (Lipinski definition) is 2. The van der Waals surface area contributed by atoms with Gasteiger partial charge in [-0.05, 0) is 100 Å². The van der Waals surface area contributed by atoms with E-state index in [0.717, 1.165) is 33.2 Å². The number of anilines is 2. The number of hydrogen-bond acceptors (Lipinski definition) is 6. The molecular weight excluding hydrogens is 678 g/mol. The molecule has 4 aromatic carbocycles. The van der Waals surface area contributed by atoms with Gasteiger partial charge in [-0.1, -0.05) is 47.5 Å². The maximum atomic E-state index is 12.6. The fourth-order valence-electron chi connectivity index (χ4n) is 3.60. The van der Waals surface area contributed by atoms with Crippen molar-refractivity contribution in [3.05, 3.63) is 127 Å². The van der Waals surface area contributed by atoms with E-state index in [4.69, 9.17) is 27.9 Å². The number of thiazole rings is 1. The van der Waals surface area contributed by atoms with Crippen LogP contribution in [-0.4, -0.2) is 17.1 Å². The standard InChI is InChI=1S/C30H21Cl2IN4O2S/c31-23-8-12-25(13-9-23)35-30-36-27(18-40-30)21-4-6-22(7-5-21)29(38)37-34-16-20-3-14-28(26(32)15-20)39-17-19-1-10-24(33)11-2-19/h1-16,18H,17H2,(H,35,36)(H,37,38)/b34-16-. The molecule has 0 saturated carbocycles. The third-order valence-electron chi connectivity index (χ3n) is 5.69. The van der Waals surface area contributed by atoms with Crippen LogP contribution in [0, 0.1) is 3.57 Å². The molecule has 5 aromatic rings. The zero-order chi connectivity index (χ0) is 27.9. The van der Waals surface area contributed by atoms with E-state index in [1.165, 1.54) is 21.1 Å². The molecule has 0 aliphatic rings. The van der Waals surface area contributed by atoms with Crippen LogP contribution in [0.15, 0.2) is 101 Å². The van der Waals surface area contributed by atoms with Gasteiger partial charge in [-0.3, -0.25) is 4.79 Å². The average Bonchev–Trinajstić information content (AvgIpc) is 3.43. The van der Waals surface area contributed by atoms with E-state index < -0.39 is 0 Å². The fraction of sp³-hybridized carbons (Fsp3) is 0.0333. The second-order valence-corrected chi connectivity index (χ2v) is 11.5. The number of halogens is 3. The predicted octanol–water partition coefficient (Wildman–Crippen LogP) is 8.81. The maximum absolute atomic E-state index is 12.6. The molecule has 200 valence electrons. The first kappa shape index (κ1) is 28.1. The van der Waals surface area contributed by atoms with E-state index >= 15 is 0 Å². The molecule has 0 aliphatic carbocycles. The third kappa shape index (κ3) is 7.60. The summed E-state index contributed by atoms with van der Waals surface area (Å²) in [5.41, 5.74) is 7.44. The third-order valence-corrected chi connectivity index (χ3v) is 7.71. The van der Waals surface area contributed by atoms with Crippen molar-refractivity contribution in [2.75, 3.05) is 5.32 Å². The lowest BCUT2D eigenvalue weighted by Gasteiger charge is -2.09. The molecule has 40 heavy (non-hydrogen) atoms. The van der Waals surface area contributed by atoms with Gasteiger partial charge in [0.05, 0.1) is 16.9 Å². The van der Waals surface area contributed by atoms with Gasteiger partial charge in [-0.2, -0.15) is 5.10 Å². The Balaban J connectivity index is 1.14. The number of carbonyl (C=O) groups excluding carboxylic acids is 1. The Bertz CT molecular complexity index is 1640. The topological polar surface area (TPSA) is 75.6 Å². The summed E-state index contributed by atoms with van der Waals surface area (Å²) in [6.45, 7) is 0.419. The van der Waals surface area contributed by atoms with Crippen molar-refractivity contribution in [3.63, 3.8) is 0 Å². The summed E-state index contributed by atoms with van der Waals surface area (Å²) < 4.78 is 7.00. The van der Waals surface area contributed by atoms with Gasteiger partial charge in [0, 0.05) is 30.8 Å². The van der Waals surface area contributed by atoms with Crippen molar-refractivity contribution in [1.29, 1.82) is 0 Å². The highest BCUT2D eigenvalue weighted by molar-refractivity contribution is 14.1. The Morgan fingerprint density at radius 2 is 1.73 bits per heavy atom. The molecule has 0 fully saturated rings. The molecule has 0 radical (unpaired) electrons. The molecular formula is C30H21Cl2IN4O2S. The lowest BCUT2D eigenvalue weighted by atomic mass is 10.1. The van der Waals surface area contributed by atoms with Crippen molar-refractivity contribution >= 4 is 80.1 Å². The summed E-state index contributed by atoms with van der Waals surface area (Å²) in [6.07, 6.45) is 1.53. The van der Waals surface area contributed by atoms with Gasteiger partial charge in [0.1, 0.15) is 12.4 Å². The van der Waals surface area contributed by atoms with E-state index in [-0.39, 0.29) is 5.91 Å². The molecule has 0 saturated heterocycles. The summed E-state index contributed by atoms with van der Waals surface area (Å²) in [5.74, 6) is 0.254. The minimum atomic E-state index is -0.324. The Kier molecular flexibility index (Phi) is 9.33. The maximum Gasteiger partial charge on any atom is 0.271 e. The van der Waals surface area contributed by atoms with Gasteiger partial charge in [-0.15, -0.1) is 11.3 Å². The van der Waals surface area contributed by atoms with Crippen LogP contribution in [-0.2, 0) is 6.61 Å². The summed E-state index contributed by atoms with van der Waals surface area (Å²) in [4.78, 5) is 17.2. The highest BCUT2D eigenvalue weighted by Crippen LogP contribution is 2.28. The van der Waals surface area contributed by atoms with E-state index in [9.17, 15) is 4.79 Å². The van der Waals surface area contributed by atoms with Crippen molar-refractivity contribution < 1.29 is 9.53 Å². The SMILES string of the molecule is O=C(N/N=C\c1ccc(OCc2ccc(I)cc2)c(Cl)c1)c1ccc(-c2csc(Nc3ccc(Cl)cc3)n2)cc1. The molecule has 1 heterocycles. The van der Waals surface area contributed by atoms with Gasteiger partial charge in [0.25, 0.3) is 5.91 Å². The van der Waals surface area contributed by atoms with Crippen molar-refractivity contribution in [2.45, 2.75) is 6.61 Å². The zero-order valence-corrected chi connectivity index (χ0v) is 25.3. The smallest absolute Gasteiger partial charge is 0.271 e. The minimum Gasteiger partial charge on any atom is -0.487 e. The van der Waals surface area contributed by atoms with Gasteiger partial charge < -0.3 is 10.1 Å². The van der Waals surface area contributed by atoms with Gasteiger partial charge in [-0.25, -0.2) is 10.4 Å². The van der Waals surface area contributed by atoms with Crippen molar-refractivity contribution in [1.82, 2.24) is 10.4 Å². The van der Waals surface area contributed by atoms with Gasteiger partial charge >= 0.3 is 0 Å². The Morgan fingerprint density at radius 3 is 2.45 bits per heavy atom.